The van der Waals surface area contributed by atoms with Crippen LogP contribution in [0.1, 0.15) is 42.5 Å². The summed E-state index contributed by atoms with van der Waals surface area (Å²) in [5, 5.41) is 15.9. The fourth-order valence-corrected chi connectivity index (χ4v) is 5.96. The summed E-state index contributed by atoms with van der Waals surface area (Å²) in [5.74, 6) is -0.994. The van der Waals surface area contributed by atoms with E-state index in [9.17, 15) is 10.1 Å². The zero-order valence-corrected chi connectivity index (χ0v) is 24.5. The molecule has 1 saturated heterocycles. The van der Waals surface area contributed by atoms with Gasteiger partial charge in [-0.25, -0.2) is 9.37 Å². The molecule has 6 rings (SSSR count). The zero-order chi connectivity index (χ0) is 29.4. The number of nitriles is 1. The molecule has 0 unspecified atom stereocenters. The number of rotatable bonds is 5. The molecule has 42 heavy (non-hydrogen) atoms. The SMILES string of the molecule is CC(C)(C)C(=O)Oc1ccc(-c2nc3c(c(-c4ccc(N5CCNCC5)cc4)c2C#N)C(c2cccs2)=NC3)c(F)c1. The molecule has 0 saturated carbocycles. The minimum Gasteiger partial charge on any atom is -0.426 e. The van der Waals surface area contributed by atoms with E-state index in [0.717, 1.165) is 53.6 Å². The van der Waals surface area contributed by atoms with Crippen molar-refractivity contribution in [3.8, 4) is 34.2 Å². The van der Waals surface area contributed by atoms with Gasteiger partial charge in [-0.2, -0.15) is 5.26 Å². The summed E-state index contributed by atoms with van der Waals surface area (Å²) in [6.45, 7) is 9.24. The minimum atomic E-state index is -0.736. The number of thiophene rings is 1. The first-order valence-corrected chi connectivity index (χ1v) is 14.8. The number of aromatic nitrogens is 1. The lowest BCUT2D eigenvalue weighted by Gasteiger charge is -2.29. The maximum absolute atomic E-state index is 15.7. The number of nitrogens with zero attached hydrogens (tertiary/aromatic N) is 4. The summed E-state index contributed by atoms with van der Waals surface area (Å²) in [6, 6.07) is 18.7. The molecule has 2 aromatic heterocycles. The van der Waals surface area contributed by atoms with Crippen molar-refractivity contribution in [3.63, 3.8) is 0 Å². The summed E-state index contributed by atoms with van der Waals surface area (Å²) in [7, 11) is 0. The van der Waals surface area contributed by atoms with Gasteiger partial charge in [0.15, 0.2) is 0 Å². The van der Waals surface area contributed by atoms with Gasteiger partial charge in [0.25, 0.3) is 0 Å². The molecule has 2 aliphatic rings. The Hall–Kier alpha value is -4.39. The van der Waals surface area contributed by atoms with Gasteiger partial charge >= 0.3 is 5.97 Å². The van der Waals surface area contributed by atoms with Crippen molar-refractivity contribution in [1.29, 1.82) is 5.26 Å². The van der Waals surface area contributed by atoms with Crippen LogP contribution in [0.3, 0.4) is 0 Å². The van der Waals surface area contributed by atoms with Gasteiger partial charge in [-0.3, -0.25) is 9.79 Å². The number of hydrogen-bond acceptors (Lipinski definition) is 8. The van der Waals surface area contributed by atoms with Crippen LogP contribution in [-0.4, -0.2) is 42.8 Å². The second-order valence-electron chi connectivity index (χ2n) is 11.4. The number of fused-ring (bicyclic) bond motifs is 1. The minimum absolute atomic E-state index is 0.0999. The summed E-state index contributed by atoms with van der Waals surface area (Å²) >= 11 is 1.58. The van der Waals surface area contributed by atoms with Gasteiger partial charge in [-0.1, -0.05) is 18.2 Å². The molecule has 0 bridgehead atoms. The van der Waals surface area contributed by atoms with Gasteiger partial charge < -0.3 is 15.0 Å². The van der Waals surface area contributed by atoms with E-state index in [1.54, 1.807) is 32.1 Å². The average Bonchev–Trinajstić information content (AvgIpc) is 3.67. The van der Waals surface area contributed by atoms with Crippen LogP contribution in [0.2, 0.25) is 0 Å². The lowest BCUT2D eigenvalue weighted by Crippen LogP contribution is -2.43. The van der Waals surface area contributed by atoms with Gasteiger partial charge in [-0.05, 0) is 62.0 Å². The number of piperazine rings is 1. The smallest absolute Gasteiger partial charge is 0.316 e. The Morgan fingerprint density at radius 1 is 1.10 bits per heavy atom. The first-order valence-electron chi connectivity index (χ1n) is 13.9. The summed E-state index contributed by atoms with van der Waals surface area (Å²) in [5.41, 5.74) is 4.88. The van der Waals surface area contributed by atoms with Crippen LogP contribution in [0.25, 0.3) is 22.4 Å². The molecule has 0 atom stereocenters. The molecule has 1 fully saturated rings. The van der Waals surface area contributed by atoms with E-state index < -0.39 is 17.2 Å². The third-order valence-corrected chi connectivity index (χ3v) is 8.30. The molecule has 9 heteroatoms. The highest BCUT2D eigenvalue weighted by Crippen LogP contribution is 2.41. The zero-order valence-electron chi connectivity index (χ0n) is 23.7. The Bertz CT molecular complexity index is 1730. The number of esters is 1. The highest BCUT2D eigenvalue weighted by Gasteiger charge is 2.30. The normalized spacial score (nSPS) is 14.7. The molecule has 7 nitrogen and oxygen atoms in total. The number of ether oxygens (including phenoxy) is 1. The van der Waals surface area contributed by atoms with Crippen molar-refractivity contribution < 1.29 is 13.9 Å². The van der Waals surface area contributed by atoms with Gasteiger partial charge in [-0.15, -0.1) is 11.3 Å². The molecule has 0 amide bonds. The molecule has 2 aliphatic heterocycles. The van der Waals surface area contributed by atoms with Crippen molar-refractivity contribution in [2.24, 2.45) is 10.4 Å². The predicted molar refractivity (Wildman–Crippen MR) is 164 cm³/mol. The fraction of sp³-hybridized carbons (Fsp3) is 0.273. The molecule has 4 aromatic rings. The predicted octanol–water partition coefficient (Wildman–Crippen LogP) is 6.20. The Balaban J connectivity index is 1.48. The summed E-state index contributed by atoms with van der Waals surface area (Å²) < 4.78 is 21.1. The van der Waals surface area contributed by atoms with Crippen molar-refractivity contribution in [2.45, 2.75) is 27.3 Å². The van der Waals surface area contributed by atoms with Gasteiger partial charge in [0, 0.05) is 54.6 Å². The van der Waals surface area contributed by atoms with Gasteiger partial charge in [0.1, 0.15) is 17.6 Å². The fourth-order valence-electron chi connectivity index (χ4n) is 5.22. The lowest BCUT2D eigenvalue weighted by molar-refractivity contribution is -0.143. The molecule has 212 valence electrons. The van der Waals surface area contributed by atoms with Crippen molar-refractivity contribution in [3.05, 3.63) is 87.5 Å². The molecule has 2 aromatic carbocycles. The number of carbonyl (C=O) groups is 1. The van der Waals surface area contributed by atoms with E-state index in [0.29, 0.717) is 17.8 Å². The van der Waals surface area contributed by atoms with Crippen LogP contribution in [0, 0.1) is 22.6 Å². The number of hydrogen-bond donors (Lipinski definition) is 1. The maximum Gasteiger partial charge on any atom is 0.316 e. The lowest BCUT2D eigenvalue weighted by atomic mass is 9.89. The van der Waals surface area contributed by atoms with Crippen LogP contribution in [0.5, 0.6) is 5.75 Å². The van der Waals surface area contributed by atoms with Crippen LogP contribution < -0.4 is 15.0 Å². The standard InChI is InChI=1S/C33H30FN5O2S/c1-33(2,3)32(40)41-22-10-11-23(25(34)17-22)30-24(18-35)28(20-6-8-21(9-7-20)39-14-12-36-13-15-39)29-26(38-30)19-37-31(29)27-5-4-16-42-27/h4-11,16-17,36H,12-15,19H2,1-3H3. The van der Waals surface area contributed by atoms with Crippen LogP contribution in [-0.2, 0) is 11.3 Å². The third kappa shape index (κ3) is 5.20. The largest absolute Gasteiger partial charge is 0.426 e. The Morgan fingerprint density at radius 2 is 1.86 bits per heavy atom. The third-order valence-electron chi connectivity index (χ3n) is 7.42. The second kappa shape index (κ2) is 11.1. The number of anilines is 1. The van der Waals surface area contributed by atoms with E-state index in [2.05, 4.69) is 28.4 Å². The first-order chi connectivity index (χ1) is 20.2. The van der Waals surface area contributed by atoms with E-state index in [4.69, 9.17) is 14.7 Å². The number of carbonyl (C=O) groups excluding carboxylic acids is 1. The topological polar surface area (TPSA) is 90.6 Å². The monoisotopic (exact) mass is 579 g/mol. The molecular formula is C33H30FN5O2S. The Labute approximate surface area is 248 Å². The highest BCUT2D eigenvalue weighted by atomic mass is 32.1. The number of aliphatic imine (C=N–C) groups is 1. The van der Waals surface area contributed by atoms with Crippen molar-refractivity contribution in [2.75, 3.05) is 31.1 Å². The van der Waals surface area contributed by atoms with Crippen molar-refractivity contribution in [1.82, 2.24) is 10.3 Å². The molecular weight excluding hydrogens is 549 g/mol. The molecule has 0 spiro atoms. The van der Waals surface area contributed by atoms with Crippen molar-refractivity contribution >= 4 is 28.7 Å². The molecule has 0 radical (unpaired) electrons. The molecule has 0 aliphatic carbocycles. The van der Waals surface area contributed by atoms with Crippen LogP contribution in [0.4, 0.5) is 10.1 Å². The van der Waals surface area contributed by atoms with E-state index in [1.807, 2.05) is 29.6 Å². The summed E-state index contributed by atoms with van der Waals surface area (Å²) in [4.78, 5) is 25.3. The summed E-state index contributed by atoms with van der Waals surface area (Å²) in [6.07, 6.45) is 0. The Morgan fingerprint density at radius 3 is 2.50 bits per heavy atom. The van der Waals surface area contributed by atoms with Crippen LogP contribution in [0.15, 0.2) is 65.0 Å². The number of pyridine rings is 1. The van der Waals surface area contributed by atoms with E-state index in [1.165, 1.54) is 18.2 Å². The number of halogens is 1. The first kappa shape index (κ1) is 27.8. The Kier molecular flexibility index (Phi) is 7.35. The number of nitrogens with one attached hydrogen (secondary N) is 1. The van der Waals surface area contributed by atoms with Gasteiger partial charge in [0.05, 0.1) is 39.5 Å². The molecule has 1 N–H and O–H groups in total. The van der Waals surface area contributed by atoms with Gasteiger partial charge in [0.2, 0.25) is 0 Å². The quantitative estimate of drug-likeness (QED) is 0.224. The molecule has 4 heterocycles. The maximum atomic E-state index is 15.7. The van der Waals surface area contributed by atoms with Crippen LogP contribution >= 0.6 is 11.3 Å². The van der Waals surface area contributed by atoms with E-state index >= 15 is 4.39 Å². The highest BCUT2D eigenvalue weighted by molar-refractivity contribution is 7.12. The number of benzene rings is 2. The van der Waals surface area contributed by atoms with E-state index in [-0.39, 0.29) is 22.6 Å². The average molecular weight is 580 g/mol. The second-order valence-corrected chi connectivity index (χ2v) is 12.3.